The second kappa shape index (κ2) is 6.61. The Morgan fingerprint density at radius 1 is 1.11 bits per heavy atom. The average molecular weight is 372 g/mol. The Kier molecular flexibility index (Phi) is 3.95. The fraction of sp³-hybridized carbons (Fsp3) is 0.190. The Balaban J connectivity index is 1.70. The zero-order chi connectivity index (χ0) is 19.1. The first-order valence-electron chi connectivity index (χ1n) is 9.40. The van der Waals surface area contributed by atoms with Gasteiger partial charge in [-0.1, -0.05) is 18.2 Å². The maximum atomic E-state index is 12.9. The number of para-hydroxylation sites is 1. The molecule has 0 amide bonds. The number of unbranched alkanes of at least 4 members (excludes halogenated alkanes) is 1. The minimum Gasteiger partial charge on any atom is -0.347 e. The summed E-state index contributed by atoms with van der Waals surface area (Å²) >= 11 is 0. The van der Waals surface area contributed by atoms with E-state index in [9.17, 15) is 4.79 Å². The fourth-order valence-corrected chi connectivity index (χ4v) is 3.75. The van der Waals surface area contributed by atoms with Crippen molar-refractivity contribution in [1.82, 2.24) is 24.7 Å². The largest absolute Gasteiger partial charge is 0.347 e. The lowest BCUT2D eigenvalue weighted by atomic mass is 10.1. The molecular formula is C21H20N6O. The summed E-state index contributed by atoms with van der Waals surface area (Å²) in [6, 6.07) is 11.9. The van der Waals surface area contributed by atoms with E-state index in [-0.39, 0.29) is 5.56 Å². The van der Waals surface area contributed by atoms with Gasteiger partial charge in [0.2, 0.25) is 0 Å². The summed E-state index contributed by atoms with van der Waals surface area (Å²) in [6.07, 6.45) is 5.72. The molecule has 0 saturated carbocycles. The van der Waals surface area contributed by atoms with Gasteiger partial charge < -0.3 is 15.3 Å². The lowest BCUT2D eigenvalue weighted by molar-refractivity contribution is 0.631. The summed E-state index contributed by atoms with van der Waals surface area (Å²) in [5, 5.41) is 8.96. The van der Waals surface area contributed by atoms with Gasteiger partial charge in [-0.3, -0.25) is 9.89 Å². The smallest absolute Gasteiger partial charge is 0.275 e. The summed E-state index contributed by atoms with van der Waals surface area (Å²) in [7, 11) is 0. The van der Waals surface area contributed by atoms with Gasteiger partial charge in [-0.15, -0.1) is 0 Å². The second-order valence-corrected chi connectivity index (χ2v) is 6.99. The molecule has 5 rings (SSSR count). The highest BCUT2D eigenvalue weighted by Crippen LogP contribution is 2.29. The highest BCUT2D eigenvalue weighted by Gasteiger charge is 2.15. The summed E-state index contributed by atoms with van der Waals surface area (Å²) in [5.41, 5.74) is 10.1. The maximum Gasteiger partial charge on any atom is 0.275 e. The first-order chi connectivity index (χ1) is 13.7. The number of nitrogens with zero attached hydrogens (tertiary/aromatic N) is 3. The number of nitrogens with one attached hydrogen (secondary N) is 2. The van der Waals surface area contributed by atoms with Crippen molar-refractivity contribution < 1.29 is 0 Å². The molecule has 0 aliphatic rings. The summed E-state index contributed by atoms with van der Waals surface area (Å²) in [5.74, 6) is 0. The topological polar surface area (TPSA) is 105 Å². The van der Waals surface area contributed by atoms with Crippen LogP contribution in [0, 0.1) is 0 Å². The van der Waals surface area contributed by atoms with E-state index in [1.54, 1.807) is 6.20 Å². The van der Waals surface area contributed by atoms with Crippen molar-refractivity contribution in [3.05, 3.63) is 59.1 Å². The van der Waals surface area contributed by atoms with Crippen molar-refractivity contribution in [2.75, 3.05) is 6.54 Å². The van der Waals surface area contributed by atoms with E-state index in [0.29, 0.717) is 17.8 Å². The first-order valence-corrected chi connectivity index (χ1v) is 9.40. The molecule has 140 valence electrons. The van der Waals surface area contributed by atoms with E-state index in [0.717, 1.165) is 52.3 Å². The zero-order valence-electron chi connectivity index (χ0n) is 15.3. The van der Waals surface area contributed by atoms with Crippen molar-refractivity contribution in [3.8, 4) is 11.3 Å². The van der Waals surface area contributed by atoms with Gasteiger partial charge in [0.25, 0.3) is 5.56 Å². The first kappa shape index (κ1) is 16.7. The Hall–Kier alpha value is -3.45. The molecule has 0 bridgehead atoms. The molecule has 3 aromatic heterocycles. The van der Waals surface area contributed by atoms with Crippen molar-refractivity contribution in [2.24, 2.45) is 5.73 Å². The third-order valence-corrected chi connectivity index (χ3v) is 5.15. The van der Waals surface area contributed by atoms with Crippen LogP contribution >= 0.6 is 0 Å². The zero-order valence-corrected chi connectivity index (χ0v) is 15.3. The third kappa shape index (κ3) is 2.68. The van der Waals surface area contributed by atoms with Gasteiger partial charge in [0, 0.05) is 34.6 Å². The molecule has 0 aliphatic heterocycles. The number of rotatable bonds is 5. The van der Waals surface area contributed by atoms with Gasteiger partial charge in [-0.05, 0) is 37.6 Å². The number of nitrogens with two attached hydrogens (primary N) is 1. The van der Waals surface area contributed by atoms with Crippen LogP contribution in [-0.4, -0.2) is 31.3 Å². The number of H-pyrrole nitrogens is 2. The molecule has 0 radical (unpaired) electrons. The van der Waals surface area contributed by atoms with Crippen LogP contribution in [0.3, 0.4) is 0 Å². The number of hydrogen-bond acceptors (Lipinski definition) is 4. The summed E-state index contributed by atoms with van der Waals surface area (Å²) < 4.78 is 2.18. The van der Waals surface area contributed by atoms with Crippen LogP contribution in [-0.2, 0) is 6.54 Å². The third-order valence-electron chi connectivity index (χ3n) is 5.15. The molecule has 2 aromatic carbocycles. The molecule has 0 atom stereocenters. The maximum absolute atomic E-state index is 12.9. The average Bonchev–Trinajstić information content (AvgIpc) is 3.30. The van der Waals surface area contributed by atoms with Crippen LogP contribution in [0.2, 0.25) is 0 Å². The second-order valence-electron chi connectivity index (χ2n) is 6.99. The quantitative estimate of drug-likeness (QED) is 0.412. The molecule has 7 heteroatoms. The van der Waals surface area contributed by atoms with Gasteiger partial charge >= 0.3 is 0 Å². The van der Waals surface area contributed by atoms with Crippen LogP contribution in [0.5, 0.6) is 0 Å². The summed E-state index contributed by atoms with van der Waals surface area (Å²) in [6.45, 7) is 1.54. The minimum atomic E-state index is -0.194. The lowest BCUT2D eigenvalue weighted by Gasteiger charge is -2.03. The summed E-state index contributed by atoms with van der Waals surface area (Å²) in [4.78, 5) is 20.5. The van der Waals surface area contributed by atoms with Gasteiger partial charge in [0.1, 0.15) is 5.69 Å². The molecule has 7 nitrogen and oxygen atoms in total. The van der Waals surface area contributed by atoms with E-state index >= 15 is 0 Å². The molecule has 0 saturated heterocycles. The Labute approximate surface area is 160 Å². The Bertz CT molecular complexity index is 1360. The van der Waals surface area contributed by atoms with Crippen LogP contribution < -0.4 is 11.3 Å². The molecule has 5 aromatic rings. The Morgan fingerprint density at radius 3 is 2.89 bits per heavy atom. The van der Waals surface area contributed by atoms with Gasteiger partial charge in [0.15, 0.2) is 0 Å². The van der Waals surface area contributed by atoms with Crippen LogP contribution in [0.1, 0.15) is 12.8 Å². The lowest BCUT2D eigenvalue weighted by Crippen LogP contribution is -2.11. The number of fused-ring (bicyclic) bond motifs is 3. The molecule has 0 aliphatic carbocycles. The highest BCUT2D eigenvalue weighted by atomic mass is 16.1. The number of hydrogen-bond donors (Lipinski definition) is 3. The van der Waals surface area contributed by atoms with Crippen LogP contribution in [0.25, 0.3) is 44.1 Å². The van der Waals surface area contributed by atoms with Crippen LogP contribution in [0.15, 0.2) is 53.6 Å². The molecular weight excluding hydrogens is 352 g/mol. The van der Waals surface area contributed by atoms with Crippen molar-refractivity contribution >= 4 is 32.8 Å². The van der Waals surface area contributed by atoms with Crippen molar-refractivity contribution in [1.29, 1.82) is 0 Å². The normalized spacial score (nSPS) is 11.8. The van der Waals surface area contributed by atoms with Gasteiger partial charge in [-0.25, -0.2) is 4.98 Å². The number of aromatic amines is 2. The van der Waals surface area contributed by atoms with E-state index in [4.69, 9.17) is 10.7 Å². The predicted molar refractivity (Wildman–Crippen MR) is 111 cm³/mol. The van der Waals surface area contributed by atoms with E-state index in [2.05, 4.69) is 25.8 Å². The van der Waals surface area contributed by atoms with E-state index in [1.165, 1.54) is 0 Å². The molecule has 3 heterocycles. The number of benzene rings is 2. The predicted octanol–water partition coefficient (Wildman–Crippen LogP) is 3.16. The number of aryl methyl sites for hydroxylation is 1. The molecule has 4 N–H and O–H groups in total. The van der Waals surface area contributed by atoms with Crippen LogP contribution in [0.4, 0.5) is 0 Å². The molecule has 28 heavy (non-hydrogen) atoms. The van der Waals surface area contributed by atoms with Crippen molar-refractivity contribution in [3.63, 3.8) is 0 Å². The molecule has 0 fully saturated rings. The molecule has 0 spiro atoms. The SMILES string of the molecule is NCCCCn1cc(-c2nc3cc4[nH]ncc4cc3[nH]c2=O)c2ccccc21. The number of aromatic nitrogens is 5. The standard InChI is InChI=1S/C21H20N6O/c22-7-3-4-8-27-12-15(14-5-1-2-6-19(14)27)20-21(28)25-17-9-13-11-23-26-16(13)10-18(17)24-20/h1-2,5-6,9-12H,3-4,7-8,22H2,(H,23,26)(H,25,28). The molecule has 0 unspecified atom stereocenters. The van der Waals surface area contributed by atoms with Gasteiger partial charge in [-0.2, -0.15) is 5.10 Å². The Morgan fingerprint density at radius 2 is 2.00 bits per heavy atom. The monoisotopic (exact) mass is 372 g/mol. The van der Waals surface area contributed by atoms with Gasteiger partial charge in [0.05, 0.1) is 22.7 Å². The minimum absolute atomic E-state index is 0.194. The van der Waals surface area contributed by atoms with Crippen molar-refractivity contribution in [2.45, 2.75) is 19.4 Å². The highest BCUT2D eigenvalue weighted by molar-refractivity contribution is 5.97. The van der Waals surface area contributed by atoms with E-state index in [1.807, 2.05) is 36.5 Å². The van der Waals surface area contributed by atoms with E-state index < -0.39 is 0 Å². The fourth-order valence-electron chi connectivity index (χ4n) is 3.75.